The molecule has 1 aliphatic rings. The van der Waals surface area contributed by atoms with Gasteiger partial charge in [-0.05, 0) is 62.6 Å². The first-order valence-corrected chi connectivity index (χ1v) is 8.10. The summed E-state index contributed by atoms with van der Waals surface area (Å²) in [4.78, 5) is 5.26. The van der Waals surface area contributed by atoms with Crippen LogP contribution in [0.2, 0.25) is 0 Å². The molecule has 1 heterocycles. The van der Waals surface area contributed by atoms with Crippen LogP contribution in [-0.2, 0) is 0 Å². The summed E-state index contributed by atoms with van der Waals surface area (Å²) in [6, 6.07) is 14.1. The molecule has 2 heteroatoms. The molecule has 0 saturated heterocycles. The molecular weight excluding hydrogens is 262 g/mol. The lowest BCUT2D eigenvalue weighted by Gasteiger charge is -2.37. The maximum Gasteiger partial charge on any atom is 0.0555 e. The second kappa shape index (κ2) is 5.17. The van der Waals surface area contributed by atoms with Crippen molar-refractivity contribution >= 4 is 23.1 Å². The Morgan fingerprint density at radius 3 is 1.90 bits per heavy atom. The average molecular weight is 283 g/mol. The molecule has 0 spiro atoms. The van der Waals surface area contributed by atoms with Crippen molar-refractivity contribution in [2.24, 2.45) is 0 Å². The Morgan fingerprint density at radius 1 is 0.950 bits per heavy atom. The third kappa shape index (κ3) is 2.22. The van der Waals surface area contributed by atoms with Crippen molar-refractivity contribution in [3.05, 3.63) is 47.5 Å². The Hall–Kier alpha value is -1.41. The molecule has 0 N–H and O–H groups in total. The molecule has 1 nitrogen and oxygen atoms in total. The predicted octanol–water partition coefficient (Wildman–Crippen LogP) is 5.70. The molecule has 0 aliphatic carbocycles. The van der Waals surface area contributed by atoms with E-state index >= 15 is 0 Å². The minimum absolute atomic E-state index is 0.513. The van der Waals surface area contributed by atoms with E-state index in [0.29, 0.717) is 6.04 Å². The number of aryl methyl sites for hydroxylation is 2. The number of nitrogens with zero attached hydrogens (tertiary/aromatic N) is 1. The molecular formula is C18H21NS. The third-order valence-corrected chi connectivity index (χ3v) is 5.10. The van der Waals surface area contributed by atoms with Crippen molar-refractivity contribution in [3.8, 4) is 0 Å². The van der Waals surface area contributed by atoms with E-state index in [0.717, 1.165) is 6.42 Å². The Kier molecular flexibility index (Phi) is 3.51. The second-order valence-corrected chi connectivity index (χ2v) is 6.76. The molecule has 104 valence electrons. The van der Waals surface area contributed by atoms with Gasteiger partial charge in [-0.2, -0.15) is 0 Å². The van der Waals surface area contributed by atoms with Crippen molar-refractivity contribution < 1.29 is 0 Å². The highest BCUT2D eigenvalue weighted by molar-refractivity contribution is 7.99. The van der Waals surface area contributed by atoms with Crippen LogP contribution < -0.4 is 4.90 Å². The molecule has 0 fully saturated rings. The fourth-order valence-corrected chi connectivity index (χ4v) is 3.98. The lowest BCUT2D eigenvalue weighted by Crippen LogP contribution is -2.30. The lowest BCUT2D eigenvalue weighted by atomic mass is 10.1. The number of anilines is 2. The third-order valence-electron chi connectivity index (χ3n) is 4.00. The number of fused-ring (bicyclic) bond motifs is 2. The minimum Gasteiger partial charge on any atom is -0.337 e. The van der Waals surface area contributed by atoms with Crippen molar-refractivity contribution in [2.45, 2.75) is 49.9 Å². The highest BCUT2D eigenvalue weighted by atomic mass is 32.2. The van der Waals surface area contributed by atoms with E-state index < -0.39 is 0 Å². The molecule has 0 saturated carbocycles. The van der Waals surface area contributed by atoms with Crippen LogP contribution in [0.1, 0.15) is 31.4 Å². The van der Waals surface area contributed by atoms with Crippen molar-refractivity contribution in [2.75, 3.05) is 4.90 Å². The molecule has 1 unspecified atom stereocenters. The smallest absolute Gasteiger partial charge is 0.0555 e. The van der Waals surface area contributed by atoms with Crippen LogP contribution in [-0.4, -0.2) is 6.04 Å². The summed E-state index contributed by atoms with van der Waals surface area (Å²) in [7, 11) is 0. The van der Waals surface area contributed by atoms with Crippen molar-refractivity contribution in [1.82, 2.24) is 0 Å². The molecule has 1 aliphatic heterocycles. The van der Waals surface area contributed by atoms with E-state index in [1.54, 1.807) is 0 Å². The van der Waals surface area contributed by atoms with Crippen LogP contribution in [0.4, 0.5) is 11.4 Å². The highest BCUT2D eigenvalue weighted by Gasteiger charge is 2.26. The zero-order valence-electron chi connectivity index (χ0n) is 12.6. The first-order valence-electron chi connectivity index (χ1n) is 7.28. The van der Waals surface area contributed by atoms with E-state index in [1.807, 2.05) is 11.8 Å². The molecule has 1 atom stereocenters. The first-order chi connectivity index (χ1) is 9.60. The van der Waals surface area contributed by atoms with Crippen molar-refractivity contribution in [1.29, 1.82) is 0 Å². The maximum absolute atomic E-state index is 2.50. The van der Waals surface area contributed by atoms with Gasteiger partial charge in [0.15, 0.2) is 0 Å². The number of hydrogen-bond donors (Lipinski definition) is 0. The SMILES string of the molecule is CCC(C)N1c2ccc(C)cc2Sc2cc(C)ccc21. The summed E-state index contributed by atoms with van der Waals surface area (Å²) in [6.07, 6.45) is 1.14. The fraction of sp³-hybridized carbons (Fsp3) is 0.333. The van der Waals surface area contributed by atoms with Gasteiger partial charge in [0.25, 0.3) is 0 Å². The Bertz CT molecular complexity index is 596. The molecule has 2 aromatic rings. The zero-order chi connectivity index (χ0) is 14.3. The van der Waals surface area contributed by atoms with Gasteiger partial charge in [-0.25, -0.2) is 0 Å². The molecule has 0 aromatic heterocycles. The summed E-state index contributed by atoms with van der Waals surface area (Å²) in [6.45, 7) is 8.90. The summed E-state index contributed by atoms with van der Waals surface area (Å²) in [5, 5.41) is 0. The normalized spacial score (nSPS) is 14.7. The average Bonchev–Trinajstić information content (AvgIpc) is 2.43. The van der Waals surface area contributed by atoms with E-state index in [-0.39, 0.29) is 0 Å². The molecule has 3 rings (SSSR count). The van der Waals surface area contributed by atoms with Crippen LogP contribution in [0.3, 0.4) is 0 Å². The Labute approximate surface area is 126 Å². The topological polar surface area (TPSA) is 3.24 Å². The second-order valence-electron chi connectivity index (χ2n) is 5.67. The summed E-state index contributed by atoms with van der Waals surface area (Å²) >= 11 is 1.90. The van der Waals surface area contributed by atoms with Gasteiger partial charge in [0, 0.05) is 15.8 Å². The standard InChI is InChI=1S/C18H21NS/c1-5-14(4)19-15-8-6-12(2)10-17(15)20-18-11-13(3)7-9-16(18)19/h6-11,14H,5H2,1-4H3. The van der Waals surface area contributed by atoms with Gasteiger partial charge in [-0.3, -0.25) is 0 Å². The first kappa shape index (κ1) is 13.6. The van der Waals surface area contributed by atoms with Gasteiger partial charge in [-0.15, -0.1) is 0 Å². The molecule has 0 bridgehead atoms. The monoisotopic (exact) mass is 283 g/mol. The van der Waals surface area contributed by atoms with Crippen molar-refractivity contribution in [3.63, 3.8) is 0 Å². The van der Waals surface area contributed by atoms with E-state index in [2.05, 4.69) is 69.0 Å². The summed E-state index contributed by atoms with van der Waals surface area (Å²) in [5.74, 6) is 0. The maximum atomic E-state index is 2.50. The van der Waals surface area contributed by atoms with Gasteiger partial charge >= 0.3 is 0 Å². The van der Waals surface area contributed by atoms with Gasteiger partial charge in [0.2, 0.25) is 0 Å². The minimum atomic E-state index is 0.513. The van der Waals surface area contributed by atoms with E-state index in [4.69, 9.17) is 0 Å². The van der Waals surface area contributed by atoms with E-state index in [9.17, 15) is 0 Å². The fourth-order valence-electron chi connectivity index (χ4n) is 2.71. The highest BCUT2D eigenvalue weighted by Crippen LogP contribution is 2.49. The van der Waals surface area contributed by atoms with Crippen LogP contribution >= 0.6 is 11.8 Å². The number of rotatable bonds is 2. The van der Waals surface area contributed by atoms with Crippen LogP contribution in [0.15, 0.2) is 46.2 Å². The Balaban J connectivity index is 2.19. The largest absolute Gasteiger partial charge is 0.337 e. The molecule has 20 heavy (non-hydrogen) atoms. The van der Waals surface area contributed by atoms with Gasteiger partial charge in [-0.1, -0.05) is 30.8 Å². The molecule has 0 amide bonds. The molecule has 2 aromatic carbocycles. The zero-order valence-corrected chi connectivity index (χ0v) is 13.4. The van der Waals surface area contributed by atoms with Gasteiger partial charge in [0.05, 0.1) is 11.4 Å². The number of benzene rings is 2. The van der Waals surface area contributed by atoms with Gasteiger partial charge < -0.3 is 4.90 Å². The molecule has 0 radical (unpaired) electrons. The Morgan fingerprint density at radius 2 is 1.45 bits per heavy atom. The summed E-state index contributed by atoms with van der Waals surface area (Å²) in [5.41, 5.74) is 5.37. The lowest BCUT2D eigenvalue weighted by molar-refractivity contribution is 0.678. The quantitative estimate of drug-likeness (QED) is 0.695. The summed E-state index contributed by atoms with van der Waals surface area (Å²) < 4.78 is 0. The predicted molar refractivity (Wildman–Crippen MR) is 88.4 cm³/mol. The van der Waals surface area contributed by atoms with Crippen LogP contribution in [0, 0.1) is 13.8 Å². The van der Waals surface area contributed by atoms with Gasteiger partial charge in [0.1, 0.15) is 0 Å². The van der Waals surface area contributed by atoms with Crippen LogP contribution in [0.5, 0.6) is 0 Å². The van der Waals surface area contributed by atoms with E-state index in [1.165, 1.54) is 32.3 Å². The van der Waals surface area contributed by atoms with Crippen LogP contribution in [0.25, 0.3) is 0 Å². The number of hydrogen-bond acceptors (Lipinski definition) is 2.